The summed E-state index contributed by atoms with van der Waals surface area (Å²) in [5.41, 5.74) is 1.28. The van der Waals surface area contributed by atoms with Gasteiger partial charge in [-0.2, -0.15) is 0 Å². The van der Waals surface area contributed by atoms with Crippen molar-refractivity contribution in [3.8, 4) is 0 Å². The van der Waals surface area contributed by atoms with Gasteiger partial charge in [0.15, 0.2) is 0 Å². The molecule has 0 aromatic rings. The molecule has 0 bridgehead atoms. The average molecular weight is 194 g/mol. The molecule has 0 saturated carbocycles. The summed E-state index contributed by atoms with van der Waals surface area (Å²) < 4.78 is 5.13. The van der Waals surface area contributed by atoms with Crippen LogP contribution in [0.5, 0.6) is 0 Å². The maximum atomic E-state index is 11.2. The number of esters is 1. The summed E-state index contributed by atoms with van der Waals surface area (Å²) in [5, 5.41) is 0. The van der Waals surface area contributed by atoms with Crippen LogP contribution in [0.15, 0.2) is 24.3 Å². The molecule has 0 fully saturated rings. The van der Waals surface area contributed by atoms with E-state index in [1.165, 1.54) is 12.0 Å². The lowest BCUT2D eigenvalue weighted by molar-refractivity contribution is -0.142. The van der Waals surface area contributed by atoms with Crippen molar-refractivity contribution in [3.05, 3.63) is 24.3 Å². The van der Waals surface area contributed by atoms with Gasteiger partial charge < -0.3 is 4.74 Å². The van der Waals surface area contributed by atoms with Gasteiger partial charge in [0.05, 0.1) is 0 Å². The van der Waals surface area contributed by atoms with E-state index in [-0.39, 0.29) is 5.97 Å². The fourth-order valence-electron chi connectivity index (χ4n) is 1.50. The number of rotatable bonds is 6. The van der Waals surface area contributed by atoms with Crippen molar-refractivity contribution >= 4 is 5.97 Å². The Bertz CT molecular complexity index is 228. The van der Waals surface area contributed by atoms with E-state index in [1.54, 1.807) is 0 Å². The fourth-order valence-corrected chi connectivity index (χ4v) is 1.50. The summed E-state index contributed by atoms with van der Waals surface area (Å²) in [6.07, 6.45) is 9.70. The molecular formula is C12H18O2. The van der Waals surface area contributed by atoms with Gasteiger partial charge in [-0.15, -0.1) is 6.58 Å². The Labute approximate surface area is 85.6 Å². The van der Waals surface area contributed by atoms with Gasteiger partial charge in [-0.05, 0) is 37.7 Å². The van der Waals surface area contributed by atoms with Crippen LogP contribution in [0.3, 0.4) is 0 Å². The molecule has 2 nitrogen and oxygen atoms in total. The highest BCUT2D eigenvalue weighted by molar-refractivity contribution is 5.69. The van der Waals surface area contributed by atoms with E-state index in [1.807, 2.05) is 6.08 Å². The first-order valence-corrected chi connectivity index (χ1v) is 5.27. The number of allylic oxidation sites excluding steroid dienone is 2. The number of ether oxygens (including phenoxy) is 1. The van der Waals surface area contributed by atoms with Crippen molar-refractivity contribution in [1.82, 2.24) is 0 Å². The Hall–Kier alpha value is -1.05. The summed E-state index contributed by atoms with van der Waals surface area (Å²) in [6.45, 7) is 4.11. The van der Waals surface area contributed by atoms with Crippen molar-refractivity contribution in [3.63, 3.8) is 0 Å². The Kier molecular flexibility index (Phi) is 5.05. The van der Waals surface area contributed by atoms with Crippen LogP contribution >= 0.6 is 0 Å². The highest BCUT2D eigenvalue weighted by Crippen LogP contribution is 2.17. The highest BCUT2D eigenvalue weighted by atomic mass is 16.5. The molecule has 0 aromatic carbocycles. The molecule has 0 radical (unpaired) electrons. The van der Waals surface area contributed by atoms with Gasteiger partial charge >= 0.3 is 5.97 Å². The van der Waals surface area contributed by atoms with Crippen LogP contribution < -0.4 is 0 Å². The molecule has 0 saturated heterocycles. The Morgan fingerprint density at radius 1 is 1.64 bits per heavy atom. The lowest BCUT2D eigenvalue weighted by Gasteiger charge is -2.04. The second kappa shape index (κ2) is 6.41. The lowest BCUT2D eigenvalue weighted by Crippen LogP contribution is -2.06. The molecule has 0 amide bonds. The van der Waals surface area contributed by atoms with Crippen molar-refractivity contribution in [2.75, 3.05) is 6.61 Å². The number of hydrogen-bond donors (Lipinski definition) is 0. The predicted molar refractivity (Wildman–Crippen MR) is 56.9 cm³/mol. The molecule has 2 heteroatoms. The quantitative estimate of drug-likeness (QED) is 0.369. The Balaban J connectivity index is 2.05. The third-order valence-electron chi connectivity index (χ3n) is 2.34. The van der Waals surface area contributed by atoms with E-state index in [9.17, 15) is 4.79 Å². The summed E-state index contributed by atoms with van der Waals surface area (Å²) in [7, 11) is 0. The first kappa shape index (κ1) is 11.0. The Morgan fingerprint density at radius 3 is 3.14 bits per heavy atom. The molecule has 1 rings (SSSR count). The SMILES string of the molecule is C=CCCCC(=O)OCC1=CCCC1. The van der Waals surface area contributed by atoms with Crippen LogP contribution in [0, 0.1) is 0 Å². The smallest absolute Gasteiger partial charge is 0.306 e. The van der Waals surface area contributed by atoms with Crippen LogP contribution in [0.1, 0.15) is 38.5 Å². The number of carbonyl (C=O) groups is 1. The third kappa shape index (κ3) is 4.26. The number of unbranched alkanes of at least 4 members (excludes halogenated alkanes) is 1. The van der Waals surface area contributed by atoms with Crippen LogP contribution in [0.4, 0.5) is 0 Å². The molecule has 0 aromatic heterocycles. The zero-order valence-electron chi connectivity index (χ0n) is 8.63. The van der Waals surface area contributed by atoms with Crippen molar-refractivity contribution in [2.45, 2.75) is 38.5 Å². The maximum absolute atomic E-state index is 11.2. The van der Waals surface area contributed by atoms with Gasteiger partial charge in [0.1, 0.15) is 6.61 Å². The predicted octanol–water partition coefficient (Wildman–Crippen LogP) is 3.00. The third-order valence-corrected chi connectivity index (χ3v) is 2.34. The van der Waals surface area contributed by atoms with Crippen molar-refractivity contribution in [1.29, 1.82) is 0 Å². The minimum absolute atomic E-state index is 0.0837. The minimum Gasteiger partial charge on any atom is -0.461 e. The van der Waals surface area contributed by atoms with E-state index in [2.05, 4.69) is 12.7 Å². The van der Waals surface area contributed by atoms with E-state index in [4.69, 9.17) is 4.74 Å². The van der Waals surface area contributed by atoms with Crippen LogP contribution in [0.25, 0.3) is 0 Å². The molecule has 0 unspecified atom stereocenters. The van der Waals surface area contributed by atoms with Gasteiger partial charge in [0.25, 0.3) is 0 Å². The molecule has 1 aliphatic carbocycles. The van der Waals surface area contributed by atoms with Crippen LogP contribution in [-0.2, 0) is 9.53 Å². The van der Waals surface area contributed by atoms with Crippen LogP contribution in [0.2, 0.25) is 0 Å². The van der Waals surface area contributed by atoms with E-state index < -0.39 is 0 Å². The summed E-state index contributed by atoms with van der Waals surface area (Å²) in [4.78, 5) is 11.2. The minimum atomic E-state index is -0.0837. The van der Waals surface area contributed by atoms with Gasteiger partial charge in [0.2, 0.25) is 0 Å². The summed E-state index contributed by atoms with van der Waals surface area (Å²) in [5.74, 6) is -0.0837. The topological polar surface area (TPSA) is 26.3 Å². The Morgan fingerprint density at radius 2 is 2.50 bits per heavy atom. The number of hydrogen-bond acceptors (Lipinski definition) is 2. The van der Waals surface area contributed by atoms with Crippen molar-refractivity contribution < 1.29 is 9.53 Å². The highest BCUT2D eigenvalue weighted by Gasteiger charge is 2.07. The van der Waals surface area contributed by atoms with Crippen molar-refractivity contribution in [2.24, 2.45) is 0 Å². The monoisotopic (exact) mass is 194 g/mol. The largest absolute Gasteiger partial charge is 0.461 e. The van der Waals surface area contributed by atoms with Gasteiger partial charge in [-0.3, -0.25) is 4.79 Å². The van der Waals surface area contributed by atoms with Crippen LogP contribution in [-0.4, -0.2) is 12.6 Å². The molecule has 1 aliphatic rings. The zero-order valence-corrected chi connectivity index (χ0v) is 8.63. The molecule has 78 valence electrons. The molecule has 0 spiro atoms. The van der Waals surface area contributed by atoms with Gasteiger partial charge in [-0.1, -0.05) is 12.2 Å². The standard InChI is InChI=1S/C12H18O2/c1-2-3-4-9-12(13)14-10-11-7-5-6-8-11/h2,7H,1,3-6,8-10H2. The summed E-state index contributed by atoms with van der Waals surface area (Å²) in [6, 6.07) is 0. The second-order valence-electron chi connectivity index (χ2n) is 3.60. The van der Waals surface area contributed by atoms with Gasteiger partial charge in [-0.25, -0.2) is 0 Å². The van der Waals surface area contributed by atoms with E-state index >= 15 is 0 Å². The molecule has 14 heavy (non-hydrogen) atoms. The zero-order chi connectivity index (χ0) is 10.2. The molecule has 0 N–H and O–H groups in total. The first-order chi connectivity index (χ1) is 6.83. The lowest BCUT2D eigenvalue weighted by atomic mass is 10.2. The fraction of sp³-hybridized carbons (Fsp3) is 0.583. The normalized spacial score (nSPS) is 15.0. The molecule has 0 aliphatic heterocycles. The molecule has 0 heterocycles. The van der Waals surface area contributed by atoms with Gasteiger partial charge in [0, 0.05) is 6.42 Å². The maximum Gasteiger partial charge on any atom is 0.306 e. The summed E-state index contributed by atoms with van der Waals surface area (Å²) >= 11 is 0. The number of carbonyl (C=O) groups excluding carboxylic acids is 1. The molecule has 0 atom stereocenters. The van der Waals surface area contributed by atoms with E-state index in [0.29, 0.717) is 13.0 Å². The van der Waals surface area contributed by atoms with E-state index in [0.717, 1.165) is 25.7 Å². The second-order valence-corrected chi connectivity index (χ2v) is 3.60. The first-order valence-electron chi connectivity index (χ1n) is 5.27. The average Bonchev–Trinajstić information content (AvgIpc) is 2.68. The molecular weight excluding hydrogens is 176 g/mol.